The number of fused-ring (bicyclic) bond motifs is 1. The Balaban J connectivity index is 1.41. The van der Waals surface area contributed by atoms with Gasteiger partial charge in [0.25, 0.3) is 5.91 Å². The fourth-order valence-electron chi connectivity index (χ4n) is 3.03. The minimum absolute atomic E-state index is 0.157. The molecule has 1 aromatic heterocycles. The molecule has 0 unspecified atom stereocenters. The van der Waals surface area contributed by atoms with E-state index >= 15 is 0 Å². The summed E-state index contributed by atoms with van der Waals surface area (Å²) < 4.78 is 5.79. The number of hydrogen-bond donors (Lipinski definition) is 2. The van der Waals surface area contributed by atoms with Gasteiger partial charge in [-0.2, -0.15) is 0 Å². The van der Waals surface area contributed by atoms with E-state index in [2.05, 4.69) is 15.6 Å². The Morgan fingerprint density at radius 3 is 2.59 bits per heavy atom. The number of hydrogen-bond acceptors (Lipinski definition) is 5. The second-order valence-corrected chi connectivity index (χ2v) is 6.74. The van der Waals surface area contributed by atoms with Crippen LogP contribution in [0.3, 0.4) is 0 Å². The van der Waals surface area contributed by atoms with Crippen LogP contribution in [0.15, 0.2) is 66.9 Å². The highest BCUT2D eigenvalue weighted by Crippen LogP contribution is 2.24. The number of anilines is 2. The average molecular weight is 388 g/mol. The van der Waals surface area contributed by atoms with Crippen molar-refractivity contribution >= 4 is 23.3 Å². The van der Waals surface area contributed by atoms with Crippen LogP contribution in [0.2, 0.25) is 0 Å². The fraction of sp³-hybridized carbons (Fsp3) is 0.136. The average Bonchev–Trinajstić information content (AvgIpc) is 2.74. The minimum Gasteiger partial charge on any atom is -0.457 e. The lowest BCUT2D eigenvalue weighted by molar-refractivity contribution is -0.114. The van der Waals surface area contributed by atoms with Crippen molar-refractivity contribution in [2.45, 2.75) is 6.54 Å². The summed E-state index contributed by atoms with van der Waals surface area (Å²) in [5, 5.41) is 5.63. The maximum absolute atomic E-state index is 12.8. The molecule has 0 radical (unpaired) electrons. The van der Waals surface area contributed by atoms with Gasteiger partial charge in [-0.1, -0.05) is 30.3 Å². The van der Waals surface area contributed by atoms with Gasteiger partial charge in [-0.25, -0.2) is 4.98 Å². The number of aromatic nitrogens is 1. The second-order valence-electron chi connectivity index (χ2n) is 6.74. The van der Waals surface area contributed by atoms with Gasteiger partial charge in [-0.3, -0.25) is 9.59 Å². The summed E-state index contributed by atoms with van der Waals surface area (Å²) >= 11 is 0. The topological polar surface area (TPSA) is 83.6 Å². The van der Waals surface area contributed by atoms with Crippen molar-refractivity contribution in [1.82, 2.24) is 9.88 Å². The van der Waals surface area contributed by atoms with E-state index < -0.39 is 0 Å². The number of nitrogens with one attached hydrogen (secondary N) is 2. The zero-order valence-corrected chi connectivity index (χ0v) is 15.9. The third-order valence-corrected chi connectivity index (χ3v) is 4.49. The van der Waals surface area contributed by atoms with Crippen LogP contribution in [0.4, 0.5) is 11.5 Å². The summed E-state index contributed by atoms with van der Waals surface area (Å²) in [6.07, 6.45) is 1.51. The molecule has 7 nitrogen and oxygen atoms in total. The second kappa shape index (κ2) is 8.02. The normalized spacial score (nSPS) is 12.4. The predicted octanol–water partition coefficient (Wildman–Crippen LogP) is 3.51. The molecule has 0 spiro atoms. The lowest BCUT2D eigenvalue weighted by Gasteiger charge is -2.20. The van der Waals surface area contributed by atoms with Crippen LogP contribution in [-0.2, 0) is 11.3 Å². The number of pyridine rings is 1. The first kappa shape index (κ1) is 18.5. The van der Waals surface area contributed by atoms with E-state index in [0.29, 0.717) is 23.6 Å². The summed E-state index contributed by atoms with van der Waals surface area (Å²) in [5.41, 5.74) is 1.91. The summed E-state index contributed by atoms with van der Waals surface area (Å²) in [6, 6.07) is 18.8. The van der Waals surface area contributed by atoms with E-state index in [-0.39, 0.29) is 18.4 Å². The molecule has 2 heterocycles. The van der Waals surface area contributed by atoms with E-state index in [1.165, 1.54) is 6.20 Å². The predicted molar refractivity (Wildman–Crippen MR) is 110 cm³/mol. The van der Waals surface area contributed by atoms with Crippen molar-refractivity contribution in [3.8, 4) is 11.5 Å². The van der Waals surface area contributed by atoms with Crippen LogP contribution in [0, 0.1) is 0 Å². The maximum Gasteiger partial charge on any atom is 0.255 e. The highest BCUT2D eigenvalue weighted by atomic mass is 16.5. The zero-order valence-electron chi connectivity index (χ0n) is 15.9. The molecule has 2 aromatic carbocycles. The molecule has 29 heavy (non-hydrogen) atoms. The first-order valence-electron chi connectivity index (χ1n) is 9.19. The van der Waals surface area contributed by atoms with Gasteiger partial charge in [0.05, 0.1) is 17.8 Å². The van der Waals surface area contributed by atoms with Crippen LogP contribution in [0.5, 0.6) is 11.5 Å². The number of amides is 2. The van der Waals surface area contributed by atoms with Crippen LogP contribution >= 0.6 is 0 Å². The van der Waals surface area contributed by atoms with Crippen LogP contribution in [0.1, 0.15) is 15.9 Å². The highest BCUT2D eigenvalue weighted by Gasteiger charge is 2.19. The Hall–Kier alpha value is -3.87. The Labute approximate surface area is 168 Å². The standard InChI is InChI=1S/C22H20N4O3/c1-26(22(28)16-11-19-21(23-12-16)24-13-20(27)25-19)14-15-7-9-18(10-8-15)29-17-5-3-2-4-6-17/h2-12H,13-14H2,1H3,(H,23,24)(H,25,27). The number of carbonyl (C=O) groups excluding carboxylic acids is 2. The molecule has 0 aliphatic carbocycles. The van der Waals surface area contributed by atoms with Gasteiger partial charge in [0, 0.05) is 19.8 Å². The van der Waals surface area contributed by atoms with Crippen LogP contribution in [0.25, 0.3) is 0 Å². The molecule has 0 fully saturated rings. The molecule has 0 saturated heterocycles. The van der Waals surface area contributed by atoms with Gasteiger partial charge in [0.15, 0.2) is 0 Å². The van der Waals surface area contributed by atoms with Gasteiger partial charge < -0.3 is 20.3 Å². The third kappa shape index (κ3) is 4.35. The summed E-state index contributed by atoms with van der Waals surface area (Å²) in [6.45, 7) is 0.614. The van der Waals surface area contributed by atoms with E-state index in [0.717, 1.165) is 17.1 Å². The number of carbonyl (C=O) groups is 2. The maximum atomic E-state index is 12.8. The van der Waals surface area contributed by atoms with Crippen molar-refractivity contribution < 1.29 is 14.3 Å². The lowest BCUT2D eigenvalue weighted by atomic mass is 10.1. The van der Waals surface area contributed by atoms with Crippen molar-refractivity contribution in [2.75, 3.05) is 24.2 Å². The summed E-state index contributed by atoms with van der Waals surface area (Å²) in [7, 11) is 1.73. The van der Waals surface area contributed by atoms with E-state index in [1.54, 1.807) is 18.0 Å². The fourth-order valence-corrected chi connectivity index (χ4v) is 3.03. The largest absolute Gasteiger partial charge is 0.457 e. The van der Waals surface area contributed by atoms with Crippen molar-refractivity contribution in [3.63, 3.8) is 0 Å². The first-order valence-corrected chi connectivity index (χ1v) is 9.19. The Kier molecular flexibility index (Phi) is 5.11. The van der Waals surface area contributed by atoms with Crippen molar-refractivity contribution in [1.29, 1.82) is 0 Å². The number of benzene rings is 2. The van der Waals surface area contributed by atoms with Gasteiger partial charge in [-0.15, -0.1) is 0 Å². The van der Waals surface area contributed by atoms with Crippen molar-refractivity contribution in [3.05, 3.63) is 78.0 Å². The SMILES string of the molecule is CN(Cc1ccc(Oc2ccccc2)cc1)C(=O)c1cnc2c(c1)NC(=O)CN2. The van der Waals surface area contributed by atoms with Crippen molar-refractivity contribution in [2.24, 2.45) is 0 Å². The molecule has 2 amide bonds. The molecular weight excluding hydrogens is 368 g/mol. The van der Waals surface area contributed by atoms with Gasteiger partial charge in [0.2, 0.25) is 5.91 Å². The number of ether oxygens (including phenoxy) is 1. The van der Waals surface area contributed by atoms with Gasteiger partial charge in [-0.05, 0) is 35.9 Å². The zero-order chi connectivity index (χ0) is 20.2. The van der Waals surface area contributed by atoms with Crippen LogP contribution in [-0.4, -0.2) is 35.3 Å². The Bertz CT molecular complexity index is 1040. The third-order valence-electron chi connectivity index (χ3n) is 4.49. The van der Waals surface area contributed by atoms with Gasteiger partial charge >= 0.3 is 0 Å². The highest BCUT2D eigenvalue weighted by molar-refractivity contribution is 6.02. The molecule has 7 heteroatoms. The molecular formula is C22H20N4O3. The molecule has 0 atom stereocenters. The number of rotatable bonds is 5. The molecule has 0 bridgehead atoms. The lowest BCUT2D eigenvalue weighted by Crippen LogP contribution is -2.30. The number of nitrogens with zero attached hydrogens (tertiary/aromatic N) is 2. The van der Waals surface area contributed by atoms with Gasteiger partial charge in [0.1, 0.15) is 17.3 Å². The van der Waals surface area contributed by atoms with E-state index in [4.69, 9.17) is 4.74 Å². The minimum atomic E-state index is -0.176. The van der Waals surface area contributed by atoms with E-state index in [1.807, 2.05) is 54.6 Å². The Morgan fingerprint density at radius 1 is 1.10 bits per heavy atom. The molecule has 1 aliphatic rings. The molecule has 1 aliphatic heterocycles. The summed E-state index contributed by atoms with van der Waals surface area (Å²) in [5.74, 6) is 1.74. The number of para-hydroxylation sites is 1. The van der Waals surface area contributed by atoms with E-state index in [9.17, 15) is 9.59 Å². The molecule has 3 aromatic rings. The first-order chi connectivity index (χ1) is 14.1. The van der Waals surface area contributed by atoms with Crippen LogP contribution < -0.4 is 15.4 Å². The molecule has 0 saturated carbocycles. The summed E-state index contributed by atoms with van der Waals surface area (Å²) in [4.78, 5) is 30.1. The monoisotopic (exact) mass is 388 g/mol. The Morgan fingerprint density at radius 2 is 1.83 bits per heavy atom. The smallest absolute Gasteiger partial charge is 0.255 e. The molecule has 2 N–H and O–H groups in total. The quantitative estimate of drug-likeness (QED) is 0.699. The molecule has 146 valence electrons. The molecule has 4 rings (SSSR count).